The molecular weight excluding hydrogens is 229 g/mol. The number of rotatable bonds is 3. The van der Waals surface area contributed by atoms with Crippen molar-refractivity contribution in [2.75, 3.05) is 7.11 Å². The number of hydrogen-bond donors (Lipinski definition) is 0. The number of methoxy groups -OCH3 is 1. The Bertz CT molecular complexity index is 368. The fourth-order valence-corrected chi connectivity index (χ4v) is 1.48. The van der Waals surface area contributed by atoms with E-state index in [9.17, 15) is 10.1 Å². The third kappa shape index (κ3) is 2.08. The smallest absolute Gasteiger partial charge is 0.291 e. The van der Waals surface area contributed by atoms with Crippen LogP contribution in [0.25, 0.3) is 0 Å². The van der Waals surface area contributed by atoms with Crippen molar-refractivity contribution in [1.29, 1.82) is 0 Å². The van der Waals surface area contributed by atoms with E-state index in [2.05, 4.69) is 0 Å². The van der Waals surface area contributed by atoms with E-state index in [0.717, 1.165) is 0 Å². The molecule has 0 unspecified atom stereocenters. The minimum absolute atomic E-state index is 0.0615. The average molecular weight is 236 g/mol. The highest BCUT2D eigenvalue weighted by Gasteiger charge is 2.16. The lowest BCUT2D eigenvalue weighted by molar-refractivity contribution is -0.384. The molecule has 1 aromatic rings. The monoisotopic (exact) mass is 235 g/mol. The predicted molar refractivity (Wildman–Crippen MR) is 54.2 cm³/mol. The van der Waals surface area contributed by atoms with E-state index >= 15 is 0 Å². The van der Waals surface area contributed by atoms with Crippen molar-refractivity contribution in [1.82, 2.24) is 0 Å². The molecule has 0 aromatic heterocycles. The minimum Gasteiger partial charge on any atom is -0.496 e. The van der Waals surface area contributed by atoms with Gasteiger partial charge in [0.15, 0.2) is 0 Å². The number of nitro groups is 1. The Kier molecular flexibility index (Phi) is 3.55. The molecule has 0 heterocycles. The van der Waals surface area contributed by atoms with Gasteiger partial charge in [-0.1, -0.05) is 11.6 Å². The molecule has 0 aliphatic heterocycles. The van der Waals surface area contributed by atoms with Crippen LogP contribution in [0, 0.1) is 10.1 Å². The van der Waals surface area contributed by atoms with Crippen LogP contribution in [0.4, 0.5) is 5.69 Å². The number of halogens is 2. The third-order valence-electron chi connectivity index (χ3n) is 1.69. The average Bonchev–Trinajstić information content (AvgIpc) is 2.16. The van der Waals surface area contributed by atoms with Gasteiger partial charge < -0.3 is 4.74 Å². The quantitative estimate of drug-likeness (QED) is 0.460. The summed E-state index contributed by atoms with van der Waals surface area (Å²) in [6.07, 6.45) is 0. The molecule has 0 spiro atoms. The zero-order valence-electron chi connectivity index (χ0n) is 7.29. The number of hydrogen-bond acceptors (Lipinski definition) is 3. The molecule has 0 aliphatic rings. The zero-order valence-corrected chi connectivity index (χ0v) is 8.80. The standard InChI is InChI=1S/C8H7Cl2NO3/c1-14-8-3-7(11(12)13)6(10)2-5(8)4-9/h2-3H,4H2,1H3. The van der Waals surface area contributed by atoms with Gasteiger partial charge in [0.25, 0.3) is 5.69 Å². The topological polar surface area (TPSA) is 52.4 Å². The molecule has 0 amide bonds. The fourth-order valence-electron chi connectivity index (χ4n) is 1.02. The summed E-state index contributed by atoms with van der Waals surface area (Å²) in [7, 11) is 1.42. The van der Waals surface area contributed by atoms with Gasteiger partial charge in [0, 0.05) is 5.56 Å². The Morgan fingerprint density at radius 1 is 1.57 bits per heavy atom. The highest BCUT2D eigenvalue weighted by molar-refractivity contribution is 6.32. The van der Waals surface area contributed by atoms with E-state index in [4.69, 9.17) is 27.9 Å². The summed E-state index contributed by atoms with van der Waals surface area (Å²) in [4.78, 5) is 9.96. The molecule has 0 atom stereocenters. The Hall–Kier alpha value is -1.000. The lowest BCUT2D eigenvalue weighted by atomic mass is 10.2. The molecule has 1 rings (SSSR count). The Balaban J connectivity index is 3.30. The molecule has 0 N–H and O–H groups in total. The van der Waals surface area contributed by atoms with E-state index in [1.165, 1.54) is 19.2 Å². The van der Waals surface area contributed by atoms with Crippen LogP contribution in [0.5, 0.6) is 5.75 Å². The summed E-state index contributed by atoms with van der Waals surface area (Å²) >= 11 is 11.3. The van der Waals surface area contributed by atoms with Crippen molar-refractivity contribution in [2.24, 2.45) is 0 Å². The van der Waals surface area contributed by atoms with Crippen LogP contribution in [0.2, 0.25) is 5.02 Å². The summed E-state index contributed by atoms with van der Waals surface area (Å²) < 4.78 is 4.93. The zero-order chi connectivity index (χ0) is 10.7. The highest BCUT2D eigenvalue weighted by atomic mass is 35.5. The van der Waals surface area contributed by atoms with Crippen LogP contribution in [0.15, 0.2) is 12.1 Å². The molecular formula is C8H7Cl2NO3. The minimum atomic E-state index is -0.567. The van der Waals surface area contributed by atoms with Crippen molar-refractivity contribution >= 4 is 28.9 Å². The second-order valence-electron chi connectivity index (χ2n) is 2.51. The van der Waals surface area contributed by atoms with Crippen LogP contribution < -0.4 is 4.74 Å². The summed E-state index contributed by atoms with van der Waals surface area (Å²) in [5, 5.41) is 10.6. The van der Waals surface area contributed by atoms with Crippen LogP contribution in [0.3, 0.4) is 0 Å². The first kappa shape index (κ1) is 11.1. The normalized spacial score (nSPS) is 9.93. The second-order valence-corrected chi connectivity index (χ2v) is 3.18. The van der Waals surface area contributed by atoms with E-state index < -0.39 is 4.92 Å². The largest absolute Gasteiger partial charge is 0.496 e. The van der Waals surface area contributed by atoms with Gasteiger partial charge >= 0.3 is 0 Å². The lowest BCUT2D eigenvalue weighted by Gasteiger charge is -2.06. The summed E-state index contributed by atoms with van der Waals surface area (Å²) in [5.41, 5.74) is 0.446. The number of alkyl halides is 1. The fraction of sp³-hybridized carbons (Fsp3) is 0.250. The van der Waals surface area contributed by atoms with Gasteiger partial charge in [0.1, 0.15) is 10.8 Å². The van der Waals surface area contributed by atoms with Crippen molar-refractivity contribution in [3.8, 4) is 5.75 Å². The van der Waals surface area contributed by atoms with Gasteiger partial charge in [-0.2, -0.15) is 0 Å². The molecule has 1 aromatic carbocycles. The SMILES string of the molecule is COc1cc([N+](=O)[O-])c(Cl)cc1CCl. The Labute approximate surface area is 90.5 Å². The van der Waals surface area contributed by atoms with Gasteiger partial charge in [-0.25, -0.2) is 0 Å². The lowest BCUT2D eigenvalue weighted by Crippen LogP contribution is -1.94. The molecule has 0 saturated heterocycles. The first-order valence-corrected chi connectivity index (χ1v) is 4.58. The predicted octanol–water partition coefficient (Wildman–Crippen LogP) is 3.00. The number of benzene rings is 1. The van der Waals surface area contributed by atoms with Crippen LogP contribution >= 0.6 is 23.2 Å². The van der Waals surface area contributed by atoms with Gasteiger partial charge in [0.05, 0.1) is 24.0 Å². The summed E-state index contributed by atoms with van der Waals surface area (Å²) in [6, 6.07) is 2.70. The van der Waals surface area contributed by atoms with Crippen molar-refractivity contribution in [3.63, 3.8) is 0 Å². The van der Waals surface area contributed by atoms with E-state index in [0.29, 0.717) is 11.3 Å². The molecule has 0 bridgehead atoms. The molecule has 0 radical (unpaired) electrons. The van der Waals surface area contributed by atoms with Crippen molar-refractivity contribution in [2.45, 2.75) is 5.88 Å². The van der Waals surface area contributed by atoms with Crippen LogP contribution in [0.1, 0.15) is 5.56 Å². The third-order valence-corrected chi connectivity index (χ3v) is 2.28. The summed E-state index contributed by atoms with van der Waals surface area (Å²) in [5.74, 6) is 0.567. The molecule has 0 fully saturated rings. The van der Waals surface area contributed by atoms with Gasteiger partial charge in [0.2, 0.25) is 0 Å². The van der Waals surface area contributed by atoms with E-state index in [-0.39, 0.29) is 16.6 Å². The van der Waals surface area contributed by atoms with Crippen molar-refractivity contribution in [3.05, 3.63) is 32.8 Å². The molecule has 76 valence electrons. The first-order chi connectivity index (χ1) is 6.60. The van der Waals surface area contributed by atoms with Crippen LogP contribution in [-0.2, 0) is 5.88 Å². The van der Waals surface area contributed by atoms with Gasteiger partial charge in [-0.15, -0.1) is 11.6 Å². The first-order valence-electron chi connectivity index (χ1n) is 3.67. The van der Waals surface area contributed by atoms with Gasteiger partial charge in [-0.3, -0.25) is 10.1 Å². The second kappa shape index (κ2) is 4.48. The maximum atomic E-state index is 10.5. The molecule has 4 nitrogen and oxygen atoms in total. The summed E-state index contributed by atoms with van der Waals surface area (Å²) in [6.45, 7) is 0. The molecule has 0 saturated carbocycles. The highest BCUT2D eigenvalue weighted by Crippen LogP contribution is 2.32. The maximum absolute atomic E-state index is 10.5. The van der Waals surface area contributed by atoms with Crippen molar-refractivity contribution < 1.29 is 9.66 Å². The number of nitrogens with zero attached hydrogens (tertiary/aromatic N) is 1. The van der Waals surface area contributed by atoms with E-state index in [1.807, 2.05) is 0 Å². The van der Waals surface area contributed by atoms with Crippen LogP contribution in [-0.4, -0.2) is 12.0 Å². The molecule has 0 aliphatic carbocycles. The number of nitro benzene ring substituents is 1. The van der Waals surface area contributed by atoms with Gasteiger partial charge in [-0.05, 0) is 6.07 Å². The Morgan fingerprint density at radius 3 is 2.64 bits per heavy atom. The molecule has 6 heteroatoms. The Morgan fingerprint density at radius 2 is 2.21 bits per heavy atom. The molecule has 14 heavy (non-hydrogen) atoms. The maximum Gasteiger partial charge on any atom is 0.291 e. The van der Waals surface area contributed by atoms with E-state index in [1.54, 1.807) is 0 Å². The number of ether oxygens (including phenoxy) is 1.